The summed E-state index contributed by atoms with van der Waals surface area (Å²) >= 11 is 0. The molecule has 0 saturated carbocycles. The molecule has 0 rings (SSSR count). The molecule has 0 aliphatic carbocycles. The first kappa shape index (κ1) is 13.3. The minimum atomic E-state index is -0.710. The quantitative estimate of drug-likeness (QED) is 0.670. The van der Waals surface area contributed by atoms with Gasteiger partial charge in [0.2, 0.25) is 0 Å². The average Bonchev–Trinajstić information content (AvgIpc) is 1.49. The largest absolute Gasteiger partial charge is 0.222 e. The Bertz CT molecular complexity index is 125. The van der Waals surface area contributed by atoms with Crippen LogP contribution in [0, 0.1) is 0 Å². The summed E-state index contributed by atoms with van der Waals surface area (Å²) in [4.78, 5) is 0. The van der Waals surface area contributed by atoms with Gasteiger partial charge in [-0.05, 0) is 58.7 Å². The van der Waals surface area contributed by atoms with Crippen molar-refractivity contribution in [2.75, 3.05) is 37.5 Å². The Hall–Kier alpha value is 1.26. The third kappa shape index (κ3) is 9.35. The van der Waals surface area contributed by atoms with Gasteiger partial charge in [-0.25, -0.2) is 8.25 Å². The first-order valence-electron chi connectivity index (χ1n) is 3.47. The number of halogens is 1. The zero-order valence-electron chi connectivity index (χ0n) is 8.64. The molecule has 0 unspecified atom stereocenters. The molecule has 6 heteroatoms. The summed E-state index contributed by atoms with van der Waals surface area (Å²) in [6, 6.07) is 0. The number of nitrogens with one attached hydrogen (secondary N) is 2. The lowest BCUT2D eigenvalue weighted by Gasteiger charge is -2.37. The van der Waals surface area contributed by atoms with Gasteiger partial charge in [0.05, 0.1) is 0 Å². The molecule has 80 valence electrons. The maximum absolute atomic E-state index is 6.13. The van der Waals surface area contributed by atoms with E-state index in [2.05, 4.69) is 45.8 Å². The minimum Gasteiger partial charge on any atom is -0.222 e. The third-order valence-electron chi connectivity index (χ3n) is 0.708. The summed E-state index contributed by atoms with van der Waals surface area (Å²) in [6.07, 6.45) is 13.2. The molecule has 0 atom stereocenters. The van der Waals surface area contributed by atoms with Crippen molar-refractivity contribution in [3.8, 4) is 0 Å². The summed E-state index contributed by atoms with van der Waals surface area (Å²) in [7, 11) is 4.03. The molecule has 0 aliphatic rings. The van der Waals surface area contributed by atoms with Gasteiger partial charge in [0.25, 0.3) is 0 Å². The molecule has 0 heterocycles. The highest BCUT2D eigenvalue weighted by atomic mass is 35.7. The monoisotopic (exact) mass is 252 g/mol. The normalized spacial score (nSPS) is 17.4. The fourth-order valence-electron chi connectivity index (χ4n) is 0.500. The van der Waals surface area contributed by atoms with Crippen molar-refractivity contribution in [2.24, 2.45) is 0 Å². The molecule has 0 spiro atoms. The Labute approximate surface area is 87.2 Å². The average molecular weight is 253 g/mol. The number of rotatable bonds is 4. The standard InChI is InChI=1S/C6H21ClN2S3/c1-11(2,3)8-10(7)9-12(4,5)6/h8-10H,1-6H3. The van der Waals surface area contributed by atoms with Gasteiger partial charge >= 0.3 is 0 Å². The van der Waals surface area contributed by atoms with Crippen molar-refractivity contribution in [1.82, 2.24) is 8.25 Å². The first-order chi connectivity index (χ1) is 5.10. The van der Waals surface area contributed by atoms with Crippen LogP contribution in [0.25, 0.3) is 0 Å². The molecule has 0 aromatic rings. The van der Waals surface area contributed by atoms with Gasteiger partial charge in [0.1, 0.15) is 0 Å². The van der Waals surface area contributed by atoms with Gasteiger partial charge in [-0.1, -0.05) is 0 Å². The van der Waals surface area contributed by atoms with Crippen molar-refractivity contribution in [2.45, 2.75) is 0 Å². The van der Waals surface area contributed by atoms with Crippen LogP contribution in [0.5, 0.6) is 0 Å². The van der Waals surface area contributed by atoms with E-state index < -0.39 is 30.9 Å². The number of hydrogen-bond acceptors (Lipinski definition) is 2. The fraction of sp³-hybridized carbons (Fsp3) is 1.00. The van der Waals surface area contributed by atoms with E-state index in [0.717, 1.165) is 0 Å². The Kier molecular flexibility index (Phi) is 5.15. The van der Waals surface area contributed by atoms with Gasteiger partial charge < -0.3 is 0 Å². The van der Waals surface area contributed by atoms with E-state index in [9.17, 15) is 0 Å². The molecule has 0 radical (unpaired) electrons. The van der Waals surface area contributed by atoms with Crippen LogP contribution in [0.15, 0.2) is 0 Å². The van der Waals surface area contributed by atoms with E-state index in [-0.39, 0.29) is 0 Å². The summed E-state index contributed by atoms with van der Waals surface area (Å²) in [5.41, 5.74) is 0. The zero-order valence-corrected chi connectivity index (χ0v) is 11.9. The molecule has 0 bridgehead atoms. The molecule has 0 aromatic carbocycles. The van der Waals surface area contributed by atoms with Crippen molar-refractivity contribution in [1.29, 1.82) is 0 Å². The zero-order chi connectivity index (χ0) is 9.99. The van der Waals surface area contributed by atoms with Crippen LogP contribution < -0.4 is 8.25 Å². The molecule has 2 nitrogen and oxygen atoms in total. The van der Waals surface area contributed by atoms with Crippen LogP contribution in [0.1, 0.15) is 0 Å². The third-order valence-corrected chi connectivity index (χ3v) is 7.61. The van der Waals surface area contributed by atoms with Crippen LogP contribution in [0.3, 0.4) is 0 Å². The van der Waals surface area contributed by atoms with Gasteiger partial charge in [-0.15, -0.1) is 0 Å². The molecule has 0 aliphatic heterocycles. The summed E-state index contributed by atoms with van der Waals surface area (Å²) in [5, 5.41) is 0. The van der Waals surface area contributed by atoms with Crippen molar-refractivity contribution in [3.05, 3.63) is 0 Å². The smallest absolute Gasteiger partial charge is 0.0223 e. The summed E-state index contributed by atoms with van der Waals surface area (Å²) in [5.74, 6) is 0. The van der Waals surface area contributed by atoms with Crippen molar-refractivity contribution in [3.63, 3.8) is 0 Å². The number of thiol groups is 1. The maximum atomic E-state index is 6.13. The Morgan fingerprint density at radius 2 is 1.08 bits per heavy atom. The minimum absolute atomic E-state index is 0.698. The molecule has 0 fully saturated rings. The molecule has 0 amide bonds. The predicted molar refractivity (Wildman–Crippen MR) is 71.8 cm³/mol. The van der Waals surface area contributed by atoms with Gasteiger partial charge in [0, 0.05) is 0 Å². The molecule has 2 N–H and O–H groups in total. The Morgan fingerprint density at radius 1 is 0.833 bits per heavy atom. The molecule has 12 heavy (non-hydrogen) atoms. The van der Waals surface area contributed by atoms with Crippen molar-refractivity contribution >= 4 is 41.6 Å². The SMILES string of the molecule is CS(C)(C)N[SH](Cl)NS(C)(C)C. The lowest BCUT2D eigenvalue weighted by Crippen LogP contribution is -2.22. The van der Waals surface area contributed by atoms with Crippen LogP contribution in [0.2, 0.25) is 0 Å². The fourth-order valence-corrected chi connectivity index (χ4v) is 8.56. The topological polar surface area (TPSA) is 24.1 Å². The van der Waals surface area contributed by atoms with Gasteiger partial charge in [-0.2, -0.15) is 20.4 Å². The highest BCUT2D eigenvalue weighted by Gasteiger charge is 2.11. The van der Waals surface area contributed by atoms with E-state index in [0.29, 0.717) is 0 Å². The van der Waals surface area contributed by atoms with E-state index in [1.54, 1.807) is 0 Å². The van der Waals surface area contributed by atoms with Crippen LogP contribution in [-0.2, 0) is 0 Å². The maximum Gasteiger partial charge on any atom is -0.0223 e. The highest BCUT2D eigenvalue weighted by molar-refractivity contribution is 8.51. The van der Waals surface area contributed by atoms with Crippen LogP contribution >= 0.6 is 41.6 Å². The molecular formula is C6H21ClN2S3. The van der Waals surface area contributed by atoms with Crippen LogP contribution in [-0.4, -0.2) is 37.5 Å². The van der Waals surface area contributed by atoms with Gasteiger partial charge in [-0.3, -0.25) is 0 Å². The lowest BCUT2D eigenvalue weighted by atomic mass is 11.9. The van der Waals surface area contributed by atoms with E-state index >= 15 is 0 Å². The van der Waals surface area contributed by atoms with Gasteiger partial charge in [0.15, 0.2) is 0 Å². The van der Waals surface area contributed by atoms with E-state index in [1.807, 2.05) is 0 Å². The van der Waals surface area contributed by atoms with Crippen molar-refractivity contribution < 1.29 is 0 Å². The van der Waals surface area contributed by atoms with E-state index in [4.69, 9.17) is 10.7 Å². The second kappa shape index (κ2) is 4.66. The van der Waals surface area contributed by atoms with Crippen LogP contribution in [0.4, 0.5) is 0 Å². The molecule has 0 aromatic heterocycles. The Balaban J connectivity index is 3.83. The molecular weight excluding hydrogens is 232 g/mol. The summed E-state index contributed by atoms with van der Waals surface area (Å²) in [6.45, 7) is 0. The molecule has 0 saturated heterocycles. The highest BCUT2D eigenvalue weighted by Crippen LogP contribution is 2.45. The number of hydrogen-bond donors (Lipinski definition) is 3. The lowest BCUT2D eigenvalue weighted by molar-refractivity contribution is 1.55. The Morgan fingerprint density at radius 3 is 1.25 bits per heavy atom. The van der Waals surface area contributed by atoms with E-state index in [1.165, 1.54) is 0 Å². The second-order valence-corrected chi connectivity index (χ2v) is 14.5. The predicted octanol–water partition coefficient (Wildman–Crippen LogP) is 2.37. The second-order valence-electron chi connectivity index (χ2n) is 4.14. The first-order valence-corrected chi connectivity index (χ1v) is 11.4. The summed E-state index contributed by atoms with van der Waals surface area (Å²) < 4.78 is 6.80.